The second-order valence-corrected chi connectivity index (χ2v) is 5.01. The fraction of sp³-hybridized carbons (Fsp3) is 0.429. The number of ether oxygens (including phenoxy) is 1. The van der Waals surface area contributed by atoms with Crippen LogP contribution in [-0.2, 0) is 19.1 Å². The summed E-state index contributed by atoms with van der Waals surface area (Å²) in [7, 11) is 1.25. The van der Waals surface area contributed by atoms with Crippen LogP contribution in [0.5, 0.6) is 0 Å². The number of amides is 2. The number of esters is 1. The SMILES string of the molecule is COC(=O)C=C=CN1C(=O)C2C3C=CC(C3)C2C1=O. The topological polar surface area (TPSA) is 63.7 Å². The number of likely N-dealkylation sites (tertiary alicyclic amines) is 1. The van der Waals surface area contributed by atoms with Gasteiger partial charge in [-0.25, -0.2) is 9.69 Å². The largest absolute Gasteiger partial charge is 0.465 e. The van der Waals surface area contributed by atoms with Gasteiger partial charge in [0.15, 0.2) is 0 Å². The lowest BCUT2D eigenvalue weighted by Gasteiger charge is -2.14. The van der Waals surface area contributed by atoms with Gasteiger partial charge in [0.2, 0.25) is 11.8 Å². The van der Waals surface area contributed by atoms with Crippen LogP contribution in [0.1, 0.15) is 6.42 Å². The fourth-order valence-corrected chi connectivity index (χ4v) is 3.29. The van der Waals surface area contributed by atoms with Crippen LogP contribution in [0.15, 0.2) is 30.2 Å². The Morgan fingerprint density at radius 2 is 1.89 bits per heavy atom. The molecule has 0 aromatic heterocycles. The Bertz CT molecular complexity index is 526. The molecular formula is C14H13NO4. The van der Waals surface area contributed by atoms with E-state index in [-0.39, 0.29) is 35.5 Å². The third-order valence-electron chi connectivity index (χ3n) is 4.11. The standard InChI is InChI=1S/C14H13NO4/c1-19-10(16)3-2-6-15-13(17)11-8-4-5-9(7-8)12(11)14(15)18/h3-6,8-9,11-12H,7H2,1H3. The first-order chi connectivity index (χ1) is 9.13. The minimum Gasteiger partial charge on any atom is -0.465 e. The molecule has 0 spiro atoms. The Morgan fingerprint density at radius 1 is 1.32 bits per heavy atom. The summed E-state index contributed by atoms with van der Waals surface area (Å²) >= 11 is 0. The average Bonchev–Trinajstić information content (AvgIpc) is 3.07. The normalized spacial score (nSPS) is 34.3. The maximum absolute atomic E-state index is 12.2. The number of rotatable bonds is 2. The van der Waals surface area contributed by atoms with Crippen molar-refractivity contribution in [3.8, 4) is 0 Å². The highest BCUT2D eigenvalue weighted by Crippen LogP contribution is 2.52. The molecule has 4 atom stereocenters. The third-order valence-corrected chi connectivity index (χ3v) is 4.11. The quantitative estimate of drug-likeness (QED) is 0.240. The van der Waals surface area contributed by atoms with Crippen LogP contribution in [0.3, 0.4) is 0 Å². The molecule has 0 aromatic carbocycles. The van der Waals surface area contributed by atoms with Gasteiger partial charge in [0.05, 0.1) is 31.2 Å². The summed E-state index contributed by atoms with van der Waals surface area (Å²) in [5.74, 6) is -1.01. The molecule has 3 rings (SSSR count). The lowest BCUT2D eigenvalue weighted by molar-refractivity contribution is -0.138. The van der Waals surface area contributed by atoms with Gasteiger partial charge < -0.3 is 4.74 Å². The average molecular weight is 259 g/mol. The molecule has 1 saturated carbocycles. The maximum Gasteiger partial charge on any atom is 0.338 e. The number of nitrogens with zero attached hydrogens (tertiary/aromatic N) is 1. The Morgan fingerprint density at radius 3 is 2.42 bits per heavy atom. The summed E-state index contributed by atoms with van der Waals surface area (Å²) in [5.41, 5.74) is 2.52. The number of allylic oxidation sites excluding steroid dienone is 2. The molecule has 0 radical (unpaired) electrons. The summed E-state index contributed by atoms with van der Waals surface area (Å²) in [6.45, 7) is 0. The van der Waals surface area contributed by atoms with E-state index in [4.69, 9.17) is 0 Å². The molecule has 2 fully saturated rings. The van der Waals surface area contributed by atoms with E-state index in [2.05, 4.69) is 10.5 Å². The van der Waals surface area contributed by atoms with Crippen LogP contribution < -0.4 is 0 Å². The first-order valence-electron chi connectivity index (χ1n) is 6.19. The van der Waals surface area contributed by atoms with Crippen molar-refractivity contribution in [3.05, 3.63) is 30.2 Å². The van der Waals surface area contributed by atoms with Crippen LogP contribution >= 0.6 is 0 Å². The van der Waals surface area contributed by atoms with Gasteiger partial charge in [0.1, 0.15) is 0 Å². The smallest absolute Gasteiger partial charge is 0.338 e. The highest BCUT2D eigenvalue weighted by Gasteiger charge is 2.58. The van der Waals surface area contributed by atoms with E-state index in [0.29, 0.717) is 0 Å². The number of fused-ring (bicyclic) bond motifs is 5. The molecule has 0 N–H and O–H groups in total. The van der Waals surface area contributed by atoms with E-state index in [1.165, 1.54) is 13.3 Å². The molecule has 19 heavy (non-hydrogen) atoms. The number of hydrogen-bond donors (Lipinski definition) is 0. The highest BCUT2D eigenvalue weighted by molar-refractivity contribution is 6.07. The summed E-state index contributed by atoms with van der Waals surface area (Å²) in [5, 5.41) is 0. The van der Waals surface area contributed by atoms with E-state index < -0.39 is 5.97 Å². The fourth-order valence-electron chi connectivity index (χ4n) is 3.29. The molecule has 1 saturated heterocycles. The zero-order valence-electron chi connectivity index (χ0n) is 10.4. The molecule has 0 aromatic rings. The summed E-state index contributed by atoms with van der Waals surface area (Å²) < 4.78 is 4.41. The molecular weight excluding hydrogens is 246 g/mol. The molecule has 5 heteroatoms. The van der Waals surface area contributed by atoms with Crippen molar-refractivity contribution in [2.75, 3.05) is 7.11 Å². The maximum atomic E-state index is 12.2. The van der Waals surface area contributed by atoms with Crippen molar-refractivity contribution >= 4 is 17.8 Å². The van der Waals surface area contributed by atoms with E-state index in [1.54, 1.807) is 0 Å². The molecule has 4 unspecified atom stereocenters. The predicted molar refractivity (Wildman–Crippen MR) is 64.2 cm³/mol. The predicted octanol–water partition coefficient (Wildman–Crippen LogP) is 0.635. The Kier molecular flexibility index (Phi) is 2.64. The molecule has 2 bridgehead atoms. The van der Waals surface area contributed by atoms with Crippen molar-refractivity contribution in [1.29, 1.82) is 0 Å². The summed E-state index contributed by atoms with van der Waals surface area (Å²) in [4.78, 5) is 36.4. The van der Waals surface area contributed by atoms with Gasteiger partial charge in [-0.2, -0.15) is 0 Å². The third kappa shape index (κ3) is 1.66. The number of carbonyl (C=O) groups is 3. The Labute approximate surface area is 110 Å². The Balaban J connectivity index is 1.83. The van der Waals surface area contributed by atoms with Crippen LogP contribution in [0.4, 0.5) is 0 Å². The summed E-state index contributed by atoms with van der Waals surface area (Å²) in [6.07, 6.45) is 7.27. The van der Waals surface area contributed by atoms with Gasteiger partial charge in [-0.15, -0.1) is 0 Å². The molecule has 1 aliphatic heterocycles. The number of imide groups is 1. The lowest BCUT2D eigenvalue weighted by Crippen LogP contribution is -2.27. The molecule has 2 aliphatic carbocycles. The lowest BCUT2D eigenvalue weighted by atomic mass is 9.85. The zero-order chi connectivity index (χ0) is 13.6. The summed E-state index contributed by atoms with van der Waals surface area (Å²) in [6, 6.07) is 0. The minimum atomic E-state index is -0.572. The van der Waals surface area contributed by atoms with Crippen LogP contribution in [-0.4, -0.2) is 29.8 Å². The highest BCUT2D eigenvalue weighted by atomic mass is 16.5. The number of methoxy groups -OCH3 is 1. The van der Waals surface area contributed by atoms with Crippen molar-refractivity contribution < 1.29 is 19.1 Å². The van der Waals surface area contributed by atoms with Gasteiger partial charge in [-0.1, -0.05) is 17.9 Å². The van der Waals surface area contributed by atoms with Gasteiger partial charge in [0.25, 0.3) is 0 Å². The van der Waals surface area contributed by atoms with Crippen molar-refractivity contribution in [3.63, 3.8) is 0 Å². The molecule has 2 amide bonds. The molecule has 5 nitrogen and oxygen atoms in total. The van der Waals surface area contributed by atoms with Gasteiger partial charge in [0, 0.05) is 0 Å². The number of carbonyl (C=O) groups excluding carboxylic acids is 3. The van der Waals surface area contributed by atoms with Crippen molar-refractivity contribution in [1.82, 2.24) is 4.90 Å². The molecule has 1 heterocycles. The first-order valence-corrected chi connectivity index (χ1v) is 6.19. The molecule has 3 aliphatic rings. The van der Waals surface area contributed by atoms with Gasteiger partial charge in [-0.05, 0) is 18.3 Å². The first kappa shape index (κ1) is 11.9. The monoisotopic (exact) mass is 259 g/mol. The van der Waals surface area contributed by atoms with Crippen molar-refractivity contribution in [2.45, 2.75) is 6.42 Å². The van der Waals surface area contributed by atoms with E-state index in [0.717, 1.165) is 17.4 Å². The van der Waals surface area contributed by atoms with E-state index in [1.807, 2.05) is 12.2 Å². The van der Waals surface area contributed by atoms with Crippen LogP contribution in [0.2, 0.25) is 0 Å². The number of hydrogen-bond acceptors (Lipinski definition) is 4. The van der Waals surface area contributed by atoms with Gasteiger partial charge in [-0.3, -0.25) is 9.59 Å². The van der Waals surface area contributed by atoms with Gasteiger partial charge >= 0.3 is 5.97 Å². The van der Waals surface area contributed by atoms with Crippen molar-refractivity contribution in [2.24, 2.45) is 23.7 Å². The second kappa shape index (κ2) is 4.21. The zero-order valence-corrected chi connectivity index (χ0v) is 10.4. The molecule has 98 valence electrons. The minimum absolute atomic E-state index is 0.183. The van der Waals surface area contributed by atoms with E-state index >= 15 is 0 Å². The van der Waals surface area contributed by atoms with Crippen LogP contribution in [0, 0.1) is 23.7 Å². The Hall–Kier alpha value is -2.13. The van der Waals surface area contributed by atoms with Crippen LogP contribution in [0.25, 0.3) is 0 Å². The second-order valence-electron chi connectivity index (χ2n) is 5.01. The van der Waals surface area contributed by atoms with E-state index in [9.17, 15) is 14.4 Å².